The van der Waals surface area contributed by atoms with Crippen LogP contribution in [0.2, 0.25) is 0 Å². The zero-order valence-electron chi connectivity index (χ0n) is 34.1. The van der Waals surface area contributed by atoms with Crippen molar-refractivity contribution in [3.05, 3.63) is 48.6 Å². The second kappa shape index (κ2) is 42.8. The van der Waals surface area contributed by atoms with Gasteiger partial charge in [-0.15, -0.1) is 0 Å². The van der Waals surface area contributed by atoms with Crippen molar-refractivity contribution in [2.45, 2.75) is 238 Å². The molecule has 0 aromatic rings. The first kappa shape index (κ1) is 49.4. The van der Waals surface area contributed by atoms with E-state index in [1.54, 1.807) is 6.08 Å². The number of hydrogen-bond donors (Lipinski definition) is 3. The lowest BCUT2D eigenvalue weighted by molar-refractivity contribution is -0.123. The molecule has 2 atom stereocenters. The number of aliphatic hydroxyl groups excluding tert-OH is 2. The topological polar surface area (TPSA) is 69.6 Å². The molecule has 4 heteroatoms. The normalized spacial score (nSPS) is 13.4. The Morgan fingerprint density at radius 2 is 0.765 bits per heavy atom. The predicted molar refractivity (Wildman–Crippen MR) is 225 cm³/mol. The molecule has 0 heterocycles. The maximum Gasteiger partial charge on any atom is 0.220 e. The minimum atomic E-state index is -0.872. The van der Waals surface area contributed by atoms with E-state index in [9.17, 15) is 15.0 Å². The highest BCUT2D eigenvalue weighted by molar-refractivity contribution is 5.76. The number of hydrogen-bond acceptors (Lipinski definition) is 3. The first-order chi connectivity index (χ1) is 25.2. The second-order valence-corrected chi connectivity index (χ2v) is 15.1. The van der Waals surface area contributed by atoms with Gasteiger partial charge in [0.15, 0.2) is 0 Å². The standard InChI is InChI=1S/C47H87NO3/c1-3-5-7-9-11-13-15-17-19-21-23-24-25-26-28-30-32-34-36-38-40-42-46(50)45(44-49)48-47(51)43-41-39-37-35-33-31-29-27-22-20-18-16-14-12-10-8-6-4-2/h20,22,25-26,32,34,40,42,45-46,49-50H,3-19,21,23-24,27-31,33,35-39,41,43-44H2,1-2H3,(H,48,51)/b22-20-,26-25+,34-32+,42-40+. The first-order valence-corrected chi connectivity index (χ1v) is 22.4. The summed E-state index contributed by atoms with van der Waals surface area (Å²) < 4.78 is 0. The summed E-state index contributed by atoms with van der Waals surface area (Å²) in [6, 6.07) is -0.647. The molecule has 0 aromatic heterocycles. The first-order valence-electron chi connectivity index (χ1n) is 22.4. The Balaban J connectivity index is 3.65. The summed E-state index contributed by atoms with van der Waals surface area (Å²) in [6.07, 6.45) is 57.9. The van der Waals surface area contributed by atoms with Gasteiger partial charge in [0.05, 0.1) is 18.8 Å². The molecule has 1 amide bonds. The number of carbonyl (C=O) groups is 1. The highest BCUT2D eigenvalue weighted by Crippen LogP contribution is 2.14. The molecule has 0 spiro atoms. The van der Waals surface area contributed by atoms with Gasteiger partial charge in [0.2, 0.25) is 5.91 Å². The molecule has 0 saturated heterocycles. The molecule has 3 N–H and O–H groups in total. The van der Waals surface area contributed by atoms with Crippen LogP contribution >= 0.6 is 0 Å². The van der Waals surface area contributed by atoms with Crippen molar-refractivity contribution in [1.82, 2.24) is 5.32 Å². The Morgan fingerprint density at radius 3 is 1.14 bits per heavy atom. The van der Waals surface area contributed by atoms with Crippen molar-refractivity contribution < 1.29 is 15.0 Å². The summed E-state index contributed by atoms with van der Waals surface area (Å²) in [7, 11) is 0. The minimum Gasteiger partial charge on any atom is -0.394 e. The van der Waals surface area contributed by atoms with E-state index in [1.807, 2.05) is 6.08 Å². The fourth-order valence-corrected chi connectivity index (χ4v) is 6.56. The van der Waals surface area contributed by atoms with Gasteiger partial charge in [0.1, 0.15) is 0 Å². The van der Waals surface area contributed by atoms with Crippen LogP contribution in [-0.4, -0.2) is 34.9 Å². The van der Waals surface area contributed by atoms with E-state index >= 15 is 0 Å². The number of nitrogens with one attached hydrogen (secondary N) is 1. The number of amides is 1. The van der Waals surface area contributed by atoms with Gasteiger partial charge in [0.25, 0.3) is 0 Å². The number of aliphatic hydroxyl groups is 2. The zero-order chi connectivity index (χ0) is 37.1. The van der Waals surface area contributed by atoms with Gasteiger partial charge in [-0.25, -0.2) is 0 Å². The maximum absolute atomic E-state index is 12.4. The molecule has 2 unspecified atom stereocenters. The molecule has 0 aromatic carbocycles. The summed E-state index contributed by atoms with van der Waals surface area (Å²) in [5.74, 6) is -0.0828. The Kier molecular flexibility index (Phi) is 41.4. The van der Waals surface area contributed by atoms with Crippen LogP contribution in [0, 0.1) is 0 Å². The van der Waals surface area contributed by atoms with E-state index in [1.165, 1.54) is 167 Å². The average molecular weight is 714 g/mol. The van der Waals surface area contributed by atoms with Gasteiger partial charge in [-0.3, -0.25) is 4.79 Å². The van der Waals surface area contributed by atoms with Crippen molar-refractivity contribution in [2.75, 3.05) is 6.61 Å². The Morgan fingerprint density at radius 1 is 0.451 bits per heavy atom. The summed E-state index contributed by atoms with van der Waals surface area (Å²) in [5, 5.41) is 23.0. The van der Waals surface area contributed by atoms with Crippen molar-refractivity contribution in [1.29, 1.82) is 0 Å². The molecule has 4 nitrogen and oxygen atoms in total. The molecule has 0 radical (unpaired) electrons. The summed E-state index contributed by atoms with van der Waals surface area (Å²) in [5.41, 5.74) is 0. The van der Waals surface area contributed by atoms with Gasteiger partial charge in [-0.1, -0.05) is 197 Å². The lowest BCUT2D eigenvalue weighted by Crippen LogP contribution is -2.45. The van der Waals surface area contributed by atoms with Gasteiger partial charge in [0, 0.05) is 6.42 Å². The maximum atomic E-state index is 12.4. The molecule has 0 rings (SSSR count). The van der Waals surface area contributed by atoms with Gasteiger partial charge < -0.3 is 15.5 Å². The zero-order valence-corrected chi connectivity index (χ0v) is 34.1. The quantitative estimate of drug-likeness (QED) is 0.0437. The summed E-state index contributed by atoms with van der Waals surface area (Å²) >= 11 is 0. The van der Waals surface area contributed by atoms with Crippen LogP contribution in [0.4, 0.5) is 0 Å². The van der Waals surface area contributed by atoms with E-state index in [2.05, 4.69) is 55.6 Å². The van der Waals surface area contributed by atoms with Crippen LogP contribution in [0.3, 0.4) is 0 Å². The third-order valence-corrected chi connectivity index (χ3v) is 10.0. The highest BCUT2D eigenvalue weighted by atomic mass is 16.3. The Labute approximate surface area is 318 Å². The molecular formula is C47H87NO3. The number of unbranched alkanes of at least 4 members (excludes halogenated alkanes) is 27. The predicted octanol–water partition coefficient (Wildman–Crippen LogP) is 14.0. The molecule has 0 aliphatic carbocycles. The van der Waals surface area contributed by atoms with Gasteiger partial charge >= 0.3 is 0 Å². The van der Waals surface area contributed by atoms with Gasteiger partial charge in [-0.05, 0) is 70.6 Å². The number of rotatable bonds is 40. The number of allylic oxidation sites excluding steroid dienone is 7. The minimum absolute atomic E-state index is 0.0828. The van der Waals surface area contributed by atoms with Crippen LogP contribution in [0.5, 0.6) is 0 Å². The fraction of sp³-hybridized carbons (Fsp3) is 0.809. The molecule has 0 saturated carbocycles. The van der Waals surface area contributed by atoms with Crippen molar-refractivity contribution in [3.8, 4) is 0 Å². The van der Waals surface area contributed by atoms with Gasteiger partial charge in [-0.2, -0.15) is 0 Å². The molecule has 0 aliphatic rings. The smallest absolute Gasteiger partial charge is 0.220 e. The van der Waals surface area contributed by atoms with E-state index in [0.29, 0.717) is 6.42 Å². The lowest BCUT2D eigenvalue weighted by atomic mass is 10.1. The van der Waals surface area contributed by atoms with Crippen molar-refractivity contribution >= 4 is 5.91 Å². The van der Waals surface area contributed by atoms with Crippen molar-refractivity contribution in [2.24, 2.45) is 0 Å². The van der Waals surface area contributed by atoms with Crippen molar-refractivity contribution in [3.63, 3.8) is 0 Å². The SMILES string of the molecule is CCCCCCCCC/C=C\CCCCCCCCCC(=O)NC(CO)C(O)/C=C/CC/C=C/CC/C=C/CCCCCCCCCCCCC. The highest BCUT2D eigenvalue weighted by Gasteiger charge is 2.17. The molecule has 0 aliphatic heterocycles. The monoisotopic (exact) mass is 714 g/mol. The largest absolute Gasteiger partial charge is 0.394 e. The Bertz CT molecular complexity index is 816. The molecule has 0 bridgehead atoms. The van der Waals surface area contributed by atoms with Crippen LogP contribution in [0.15, 0.2) is 48.6 Å². The molecule has 298 valence electrons. The molecule has 51 heavy (non-hydrogen) atoms. The van der Waals surface area contributed by atoms with E-state index in [0.717, 1.165) is 38.5 Å². The Hall–Kier alpha value is -1.65. The third-order valence-electron chi connectivity index (χ3n) is 10.0. The second-order valence-electron chi connectivity index (χ2n) is 15.1. The van der Waals surface area contributed by atoms with Crippen LogP contribution in [0.1, 0.15) is 226 Å². The average Bonchev–Trinajstić information content (AvgIpc) is 3.13. The summed E-state index contributed by atoms with van der Waals surface area (Å²) in [6.45, 7) is 4.29. The van der Waals surface area contributed by atoms with E-state index < -0.39 is 12.1 Å². The fourth-order valence-electron chi connectivity index (χ4n) is 6.56. The van der Waals surface area contributed by atoms with Crippen LogP contribution in [0.25, 0.3) is 0 Å². The number of carbonyl (C=O) groups excluding carboxylic acids is 1. The van der Waals surface area contributed by atoms with E-state index in [4.69, 9.17) is 0 Å². The molecular weight excluding hydrogens is 627 g/mol. The molecule has 0 fully saturated rings. The van der Waals surface area contributed by atoms with E-state index in [-0.39, 0.29) is 12.5 Å². The summed E-state index contributed by atoms with van der Waals surface area (Å²) in [4.78, 5) is 12.4. The van der Waals surface area contributed by atoms with Crippen LogP contribution < -0.4 is 5.32 Å². The van der Waals surface area contributed by atoms with Crippen LogP contribution in [-0.2, 0) is 4.79 Å². The lowest BCUT2D eigenvalue weighted by Gasteiger charge is -2.19. The third kappa shape index (κ3) is 39.4.